The molecule has 18 heavy (non-hydrogen) atoms. The van der Waals surface area contributed by atoms with Gasteiger partial charge in [-0.15, -0.1) is 0 Å². The molecular weight excluding hydrogens is 224 g/mol. The van der Waals surface area contributed by atoms with Gasteiger partial charge in [0.15, 0.2) is 0 Å². The Hall–Kier alpha value is -1.02. The third kappa shape index (κ3) is 2.69. The van der Waals surface area contributed by atoms with E-state index in [-0.39, 0.29) is 17.6 Å². The number of hydrogen-bond donors (Lipinski definition) is 1. The van der Waals surface area contributed by atoms with Gasteiger partial charge < -0.3 is 9.84 Å². The minimum absolute atomic E-state index is 0.0253. The molecule has 2 unspecified atom stereocenters. The average Bonchev–Trinajstić information content (AvgIpc) is 2.57. The molecule has 0 heterocycles. The maximum absolute atomic E-state index is 10.2. The fourth-order valence-electron chi connectivity index (χ4n) is 2.55. The standard InChI is InChI=1S/C16H24O2/c1-11(2)12-5-7-13(8-6-12)18-14-9-10-16(3,4)15(14)17/h5-8,11,14-15,17H,9-10H2,1-4H3. The SMILES string of the molecule is CC(C)c1ccc(OC2CCC(C)(C)C2O)cc1. The van der Waals surface area contributed by atoms with Crippen LogP contribution in [0.15, 0.2) is 24.3 Å². The average molecular weight is 248 g/mol. The van der Waals surface area contributed by atoms with E-state index in [2.05, 4.69) is 39.8 Å². The molecule has 0 radical (unpaired) electrons. The molecule has 2 heteroatoms. The smallest absolute Gasteiger partial charge is 0.125 e. The highest BCUT2D eigenvalue weighted by molar-refractivity contribution is 5.29. The van der Waals surface area contributed by atoms with E-state index in [4.69, 9.17) is 4.74 Å². The maximum atomic E-state index is 10.2. The zero-order chi connectivity index (χ0) is 13.3. The maximum Gasteiger partial charge on any atom is 0.125 e. The van der Waals surface area contributed by atoms with Gasteiger partial charge in [0.1, 0.15) is 11.9 Å². The lowest BCUT2D eigenvalue weighted by molar-refractivity contribution is 0.00492. The molecule has 0 amide bonds. The van der Waals surface area contributed by atoms with E-state index in [1.54, 1.807) is 0 Å². The van der Waals surface area contributed by atoms with Gasteiger partial charge in [0.2, 0.25) is 0 Å². The fraction of sp³-hybridized carbons (Fsp3) is 0.625. The number of benzene rings is 1. The monoisotopic (exact) mass is 248 g/mol. The minimum atomic E-state index is -0.373. The molecule has 0 spiro atoms. The Balaban J connectivity index is 2.02. The zero-order valence-electron chi connectivity index (χ0n) is 11.8. The summed E-state index contributed by atoms with van der Waals surface area (Å²) in [5.74, 6) is 1.40. The van der Waals surface area contributed by atoms with Gasteiger partial charge in [0.25, 0.3) is 0 Å². The first-order valence-electron chi connectivity index (χ1n) is 6.85. The molecule has 2 rings (SSSR count). The molecule has 2 nitrogen and oxygen atoms in total. The van der Waals surface area contributed by atoms with Crippen molar-refractivity contribution in [2.45, 2.75) is 58.7 Å². The lowest BCUT2D eigenvalue weighted by Crippen LogP contribution is -2.34. The topological polar surface area (TPSA) is 29.5 Å². The minimum Gasteiger partial charge on any atom is -0.488 e. The van der Waals surface area contributed by atoms with Crippen LogP contribution < -0.4 is 4.74 Å². The Morgan fingerprint density at radius 1 is 1.22 bits per heavy atom. The second-order valence-corrected chi connectivity index (χ2v) is 6.35. The summed E-state index contributed by atoms with van der Waals surface area (Å²) in [6.07, 6.45) is 1.51. The van der Waals surface area contributed by atoms with E-state index >= 15 is 0 Å². The van der Waals surface area contributed by atoms with Gasteiger partial charge in [-0.25, -0.2) is 0 Å². The molecule has 1 saturated carbocycles. The second kappa shape index (κ2) is 4.93. The number of rotatable bonds is 3. The fourth-order valence-corrected chi connectivity index (χ4v) is 2.55. The van der Waals surface area contributed by atoms with Crippen LogP contribution in [0.25, 0.3) is 0 Å². The Morgan fingerprint density at radius 2 is 1.83 bits per heavy atom. The van der Waals surface area contributed by atoms with Crippen LogP contribution in [0.2, 0.25) is 0 Å². The first kappa shape index (κ1) is 13.4. The van der Waals surface area contributed by atoms with Gasteiger partial charge in [-0.2, -0.15) is 0 Å². The molecule has 1 aromatic rings. The van der Waals surface area contributed by atoms with Crippen molar-refractivity contribution in [2.24, 2.45) is 5.41 Å². The van der Waals surface area contributed by atoms with Crippen molar-refractivity contribution in [3.63, 3.8) is 0 Å². The van der Waals surface area contributed by atoms with E-state index in [1.165, 1.54) is 5.56 Å². The second-order valence-electron chi connectivity index (χ2n) is 6.35. The van der Waals surface area contributed by atoms with E-state index < -0.39 is 0 Å². The number of aliphatic hydroxyl groups is 1. The van der Waals surface area contributed by atoms with E-state index in [0.717, 1.165) is 18.6 Å². The van der Waals surface area contributed by atoms with Gasteiger partial charge in [-0.05, 0) is 41.9 Å². The normalized spacial score (nSPS) is 26.6. The van der Waals surface area contributed by atoms with Crippen LogP contribution in [-0.2, 0) is 0 Å². The highest BCUT2D eigenvalue weighted by atomic mass is 16.5. The number of aliphatic hydroxyl groups excluding tert-OH is 1. The molecule has 1 aliphatic carbocycles. The molecule has 1 fully saturated rings. The molecular formula is C16H24O2. The molecule has 100 valence electrons. The molecule has 0 bridgehead atoms. The van der Waals surface area contributed by atoms with Crippen molar-refractivity contribution in [3.05, 3.63) is 29.8 Å². The molecule has 1 N–H and O–H groups in total. The van der Waals surface area contributed by atoms with Crippen molar-refractivity contribution in [2.75, 3.05) is 0 Å². The quantitative estimate of drug-likeness (QED) is 0.883. The van der Waals surface area contributed by atoms with Crippen molar-refractivity contribution < 1.29 is 9.84 Å². The Labute approximate surface area is 110 Å². The van der Waals surface area contributed by atoms with Crippen LogP contribution in [-0.4, -0.2) is 17.3 Å². The van der Waals surface area contributed by atoms with Crippen LogP contribution in [0.3, 0.4) is 0 Å². The Bertz CT molecular complexity index is 392. The van der Waals surface area contributed by atoms with Gasteiger partial charge in [0, 0.05) is 0 Å². The van der Waals surface area contributed by atoms with E-state index in [1.807, 2.05) is 12.1 Å². The summed E-state index contributed by atoms with van der Waals surface area (Å²) < 4.78 is 5.91. The van der Waals surface area contributed by atoms with Crippen molar-refractivity contribution in [1.82, 2.24) is 0 Å². The summed E-state index contributed by atoms with van der Waals surface area (Å²) in [7, 11) is 0. The lowest BCUT2D eigenvalue weighted by atomic mass is 9.89. The van der Waals surface area contributed by atoms with Crippen LogP contribution in [0.1, 0.15) is 52.0 Å². The van der Waals surface area contributed by atoms with E-state index in [9.17, 15) is 5.11 Å². The molecule has 2 atom stereocenters. The van der Waals surface area contributed by atoms with Crippen LogP contribution in [0.4, 0.5) is 0 Å². The van der Waals surface area contributed by atoms with Crippen molar-refractivity contribution >= 4 is 0 Å². The highest BCUT2D eigenvalue weighted by Crippen LogP contribution is 2.39. The molecule has 1 aromatic carbocycles. The Kier molecular flexibility index (Phi) is 3.67. The summed E-state index contributed by atoms with van der Waals surface area (Å²) in [5.41, 5.74) is 1.29. The van der Waals surface area contributed by atoms with Crippen LogP contribution in [0, 0.1) is 5.41 Å². The van der Waals surface area contributed by atoms with Gasteiger partial charge in [0.05, 0.1) is 6.10 Å². The summed E-state index contributed by atoms with van der Waals surface area (Å²) in [6, 6.07) is 8.22. The van der Waals surface area contributed by atoms with Crippen LogP contribution in [0.5, 0.6) is 5.75 Å². The van der Waals surface area contributed by atoms with Crippen LogP contribution >= 0.6 is 0 Å². The largest absolute Gasteiger partial charge is 0.488 e. The highest BCUT2D eigenvalue weighted by Gasteiger charge is 2.42. The first-order valence-corrected chi connectivity index (χ1v) is 6.85. The molecule has 1 aliphatic rings. The van der Waals surface area contributed by atoms with E-state index in [0.29, 0.717) is 5.92 Å². The summed E-state index contributed by atoms with van der Waals surface area (Å²) in [5, 5.41) is 10.2. The number of hydrogen-bond acceptors (Lipinski definition) is 2. The predicted molar refractivity (Wildman–Crippen MR) is 74.0 cm³/mol. The zero-order valence-corrected chi connectivity index (χ0v) is 11.8. The third-order valence-corrected chi connectivity index (χ3v) is 4.06. The summed E-state index contributed by atoms with van der Waals surface area (Å²) in [4.78, 5) is 0. The summed E-state index contributed by atoms with van der Waals surface area (Å²) in [6.45, 7) is 8.56. The third-order valence-electron chi connectivity index (χ3n) is 4.06. The molecule has 0 aliphatic heterocycles. The van der Waals surface area contributed by atoms with Gasteiger partial charge in [-0.1, -0.05) is 39.8 Å². The number of ether oxygens (including phenoxy) is 1. The lowest BCUT2D eigenvalue weighted by Gasteiger charge is -2.25. The van der Waals surface area contributed by atoms with Crippen molar-refractivity contribution in [3.8, 4) is 5.75 Å². The predicted octanol–water partition coefficient (Wildman–Crippen LogP) is 3.74. The van der Waals surface area contributed by atoms with Gasteiger partial charge >= 0.3 is 0 Å². The molecule has 0 aromatic heterocycles. The Morgan fingerprint density at radius 3 is 2.28 bits per heavy atom. The molecule has 0 saturated heterocycles. The summed E-state index contributed by atoms with van der Waals surface area (Å²) >= 11 is 0. The van der Waals surface area contributed by atoms with Crippen molar-refractivity contribution in [1.29, 1.82) is 0 Å². The van der Waals surface area contributed by atoms with Gasteiger partial charge in [-0.3, -0.25) is 0 Å². The first-order chi connectivity index (χ1) is 8.40.